The Balaban J connectivity index is 1.77. The van der Waals surface area contributed by atoms with E-state index in [2.05, 4.69) is 15.9 Å². The maximum Gasteiger partial charge on any atom is 0.335 e. The summed E-state index contributed by atoms with van der Waals surface area (Å²) in [7, 11) is 0. The predicted molar refractivity (Wildman–Crippen MR) is 115 cm³/mol. The molecular weight excluding hydrogens is 459 g/mol. The highest BCUT2D eigenvalue weighted by molar-refractivity contribution is 9.10. The van der Waals surface area contributed by atoms with Crippen molar-refractivity contribution in [1.82, 2.24) is 0 Å². The smallest absolute Gasteiger partial charge is 0.335 e. The van der Waals surface area contributed by atoms with Gasteiger partial charge in [-0.3, -0.25) is 0 Å². The van der Waals surface area contributed by atoms with E-state index < -0.39 is 5.97 Å². The van der Waals surface area contributed by atoms with Crippen molar-refractivity contribution in [3.05, 3.63) is 97.7 Å². The third-order valence-electron chi connectivity index (χ3n) is 4.61. The van der Waals surface area contributed by atoms with Crippen LogP contribution in [0, 0.1) is 12.7 Å². The number of rotatable bonds is 7. The number of ether oxygens (including phenoxy) is 1. The number of carboxylic acid groups (broad SMARTS) is 1. The Kier molecular flexibility index (Phi) is 6.93. The Morgan fingerprint density at radius 3 is 2.52 bits per heavy atom. The third-order valence-corrected chi connectivity index (χ3v) is 5.42. The average molecular weight is 478 g/mol. The molecule has 6 heteroatoms. The first-order valence-electron chi connectivity index (χ1n) is 9.02. The van der Waals surface area contributed by atoms with E-state index in [1.807, 2.05) is 6.07 Å². The van der Waals surface area contributed by atoms with Gasteiger partial charge >= 0.3 is 5.97 Å². The number of hydrogen-bond acceptors (Lipinski definition) is 2. The standard InChI is InChI=1S/C23H19BrClFO3/c1-14-3-2-4-18(21(14)26)13-29-22-17(11-19(25)12-20(22)24)10-7-15-5-8-16(9-6-15)23(27)28/h2-6,8-9,11-12H,7,10,13H2,1H3,(H,27,28). The summed E-state index contributed by atoms with van der Waals surface area (Å²) in [5, 5.41) is 9.58. The van der Waals surface area contributed by atoms with Crippen molar-refractivity contribution in [2.45, 2.75) is 26.4 Å². The number of benzene rings is 3. The molecule has 0 aliphatic rings. The second kappa shape index (κ2) is 9.42. The fraction of sp³-hybridized carbons (Fsp3) is 0.174. The largest absolute Gasteiger partial charge is 0.487 e. The van der Waals surface area contributed by atoms with Crippen LogP contribution in [-0.4, -0.2) is 11.1 Å². The molecule has 0 atom stereocenters. The van der Waals surface area contributed by atoms with E-state index in [1.54, 1.807) is 55.5 Å². The lowest BCUT2D eigenvalue weighted by molar-refractivity contribution is 0.0697. The van der Waals surface area contributed by atoms with Crippen LogP contribution in [0.15, 0.2) is 59.1 Å². The first kappa shape index (κ1) is 21.3. The van der Waals surface area contributed by atoms with Gasteiger partial charge in [0.1, 0.15) is 18.2 Å². The predicted octanol–water partition coefficient (Wildman–Crippen LogP) is 6.61. The molecule has 3 aromatic carbocycles. The van der Waals surface area contributed by atoms with E-state index in [-0.39, 0.29) is 18.0 Å². The van der Waals surface area contributed by atoms with Gasteiger partial charge in [0.25, 0.3) is 0 Å². The maximum absolute atomic E-state index is 14.3. The van der Waals surface area contributed by atoms with Crippen LogP contribution in [0.5, 0.6) is 5.75 Å². The van der Waals surface area contributed by atoms with Crippen LogP contribution in [-0.2, 0) is 19.4 Å². The molecule has 0 bridgehead atoms. The summed E-state index contributed by atoms with van der Waals surface area (Å²) < 4.78 is 20.9. The Hall–Kier alpha value is -2.37. The van der Waals surface area contributed by atoms with Crippen molar-refractivity contribution in [1.29, 1.82) is 0 Å². The molecule has 0 spiro atoms. The second-order valence-corrected chi connectivity index (χ2v) is 8.01. The molecule has 3 aromatic rings. The van der Waals surface area contributed by atoms with Gasteiger partial charge in [-0.1, -0.05) is 41.9 Å². The zero-order valence-corrected chi connectivity index (χ0v) is 18.1. The summed E-state index contributed by atoms with van der Waals surface area (Å²) in [5.41, 5.74) is 3.21. The Morgan fingerprint density at radius 1 is 1.10 bits per heavy atom. The van der Waals surface area contributed by atoms with E-state index >= 15 is 0 Å². The molecule has 0 saturated heterocycles. The number of hydrogen-bond donors (Lipinski definition) is 1. The Labute approximate surface area is 182 Å². The molecule has 29 heavy (non-hydrogen) atoms. The monoisotopic (exact) mass is 476 g/mol. The van der Waals surface area contributed by atoms with Gasteiger partial charge in [0, 0.05) is 10.6 Å². The molecule has 0 aliphatic heterocycles. The minimum atomic E-state index is -0.950. The molecular formula is C23H19BrClFO3. The number of aryl methyl sites for hydroxylation is 3. The molecule has 0 fully saturated rings. The van der Waals surface area contributed by atoms with Crippen molar-refractivity contribution >= 4 is 33.5 Å². The summed E-state index contributed by atoms with van der Waals surface area (Å²) in [6, 6.07) is 15.6. The maximum atomic E-state index is 14.3. The summed E-state index contributed by atoms with van der Waals surface area (Å²) in [6.45, 7) is 1.83. The molecule has 1 N–H and O–H groups in total. The summed E-state index contributed by atoms with van der Waals surface area (Å²) in [5.74, 6) is -0.593. The minimum absolute atomic E-state index is 0.105. The average Bonchev–Trinajstić information content (AvgIpc) is 2.68. The molecule has 0 aliphatic carbocycles. The van der Waals surface area contributed by atoms with E-state index in [4.69, 9.17) is 21.4 Å². The minimum Gasteiger partial charge on any atom is -0.487 e. The molecule has 150 valence electrons. The molecule has 0 saturated carbocycles. The van der Waals surface area contributed by atoms with Crippen LogP contribution >= 0.6 is 27.5 Å². The van der Waals surface area contributed by atoms with Crippen LogP contribution in [0.1, 0.15) is 32.6 Å². The molecule has 3 rings (SSSR count). The SMILES string of the molecule is Cc1cccc(COc2c(Br)cc(Cl)cc2CCc2ccc(C(=O)O)cc2)c1F. The van der Waals surface area contributed by atoms with Crippen LogP contribution in [0.3, 0.4) is 0 Å². The number of aromatic carboxylic acids is 1. The topological polar surface area (TPSA) is 46.5 Å². The molecule has 0 heterocycles. The quantitative estimate of drug-likeness (QED) is 0.416. The molecule has 0 radical (unpaired) electrons. The zero-order valence-electron chi connectivity index (χ0n) is 15.7. The van der Waals surface area contributed by atoms with Gasteiger partial charge in [-0.25, -0.2) is 9.18 Å². The lowest BCUT2D eigenvalue weighted by atomic mass is 10.0. The van der Waals surface area contributed by atoms with E-state index in [0.29, 0.717) is 39.2 Å². The highest BCUT2D eigenvalue weighted by Gasteiger charge is 2.13. The van der Waals surface area contributed by atoms with Gasteiger partial charge in [-0.15, -0.1) is 0 Å². The lowest BCUT2D eigenvalue weighted by Crippen LogP contribution is -2.04. The van der Waals surface area contributed by atoms with E-state index in [9.17, 15) is 9.18 Å². The summed E-state index contributed by atoms with van der Waals surface area (Å²) >= 11 is 9.70. The van der Waals surface area contributed by atoms with E-state index in [0.717, 1.165) is 11.1 Å². The fourth-order valence-electron chi connectivity index (χ4n) is 3.02. The number of carbonyl (C=O) groups is 1. The van der Waals surface area contributed by atoms with Gasteiger partial charge in [0.15, 0.2) is 0 Å². The normalized spacial score (nSPS) is 10.8. The highest BCUT2D eigenvalue weighted by atomic mass is 79.9. The van der Waals surface area contributed by atoms with Crippen molar-refractivity contribution in [3.8, 4) is 5.75 Å². The second-order valence-electron chi connectivity index (χ2n) is 6.71. The lowest BCUT2D eigenvalue weighted by Gasteiger charge is -2.15. The van der Waals surface area contributed by atoms with Gasteiger partial charge in [0.05, 0.1) is 10.0 Å². The fourth-order valence-corrected chi connectivity index (χ4v) is 4.01. The Bertz CT molecular complexity index is 1040. The zero-order chi connectivity index (χ0) is 21.0. The van der Waals surface area contributed by atoms with Crippen LogP contribution < -0.4 is 4.74 Å². The van der Waals surface area contributed by atoms with Gasteiger partial charge in [-0.05, 0) is 76.7 Å². The van der Waals surface area contributed by atoms with Gasteiger partial charge < -0.3 is 9.84 Å². The van der Waals surface area contributed by atoms with Crippen molar-refractivity contribution in [3.63, 3.8) is 0 Å². The van der Waals surface area contributed by atoms with Crippen LogP contribution in [0.2, 0.25) is 5.02 Å². The third kappa shape index (κ3) is 5.37. The Morgan fingerprint density at radius 2 is 1.83 bits per heavy atom. The number of carboxylic acids is 1. The first-order valence-corrected chi connectivity index (χ1v) is 10.2. The van der Waals surface area contributed by atoms with Crippen LogP contribution in [0.25, 0.3) is 0 Å². The highest BCUT2D eigenvalue weighted by Crippen LogP contribution is 2.34. The molecule has 3 nitrogen and oxygen atoms in total. The number of halogens is 3. The molecule has 0 aromatic heterocycles. The van der Waals surface area contributed by atoms with Crippen molar-refractivity contribution < 1.29 is 19.0 Å². The first-order chi connectivity index (χ1) is 13.8. The van der Waals surface area contributed by atoms with E-state index in [1.165, 1.54) is 0 Å². The van der Waals surface area contributed by atoms with Gasteiger partial charge in [-0.2, -0.15) is 0 Å². The van der Waals surface area contributed by atoms with Crippen molar-refractivity contribution in [2.75, 3.05) is 0 Å². The summed E-state index contributed by atoms with van der Waals surface area (Å²) in [4.78, 5) is 11.0. The van der Waals surface area contributed by atoms with Crippen molar-refractivity contribution in [2.24, 2.45) is 0 Å². The van der Waals surface area contributed by atoms with Gasteiger partial charge in [0.2, 0.25) is 0 Å². The summed E-state index contributed by atoms with van der Waals surface area (Å²) in [6.07, 6.45) is 1.32. The molecule has 0 unspecified atom stereocenters. The molecule has 0 amide bonds. The van der Waals surface area contributed by atoms with Crippen LogP contribution in [0.4, 0.5) is 4.39 Å².